The maximum atomic E-state index is 13.1. The standard InChI is InChI=1S/C13H15FO3S/c14-10-3-4-12(13(15)16)9(6-10)7-18-8-11-2-1-5-17-11/h3-4,6,11H,1-2,5,7-8H2,(H,15,16). The van der Waals surface area contributed by atoms with Crippen LogP contribution in [0, 0.1) is 5.82 Å². The third-order valence-corrected chi connectivity index (χ3v) is 4.01. The maximum absolute atomic E-state index is 13.1. The van der Waals surface area contributed by atoms with E-state index in [1.807, 2.05) is 0 Å². The molecule has 0 spiro atoms. The number of aromatic carboxylic acids is 1. The summed E-state index contributed by atoms with van der Waals surface area (Å²) in [5.74, 6) is -0.0788. The Balaban J connectivity index is 1.94. The second-order valence-electron chi connectivity index (χ2n) is 4.26. The van der Waals surface area contributed by atoms with Crippen LogP contribution >= 0.6 is 11.8 Å². The van der Waals surface area contributed by atoms with Gasteiger partial charge in [0.05, 0.1) is 11.7 Å². The number of halogens is 1. The van der Waals surface area contributed by atoms with Crippen LogP contribution in [0.25, 0.3) is 0 Å². The fourth-order valence-electron chi connectivity index (χ4n) is 1.97. The van der Waals surface area contributed by atoms with Crippen LogP contribution in [-0.4, -0.2) is 29.5 Å². The molecular formula is C13H15FO3S. The van der Waals surface area contributed by atoms with Crippen molar-refractivity contribution in [1.82, 2.24) is 0 Å². The molecule has 0 radical (unpaired) electrons. The van der Waals surface area contributed by atoms with Gasteiger partial charge in [0.1, 0.15) is 5.82 Å². The van der Waals surface area contributed by atoms with Gasteiger partial charge < -0.3 is 9.84 Å². The quantitative estimate of drug-likeness (QED) is 0.893. The van der Waals surface area contributed by atoms with Crippen LogP contribution in [0.4, 0.5) is 4.39 Å². The van der Waals surface area contributed by atoms with Crippen molar-refractivity contribution in [2.75, 3.05) is 12.4 Å². The number of thioether (sulfide) groups is 1. The summed E-state index contributed by atoms with van der Waals surface area (Å²) in [6, 6.07) is 3.79. The Hall–Kier alpha value is -1.07. The first-order chi connectivity index (χ1) is 8.66. The lowest BCUT2D eigenvalue weighted by Gasteiger charge is -2.10. The minimum absolute atomic E-state index is 0.177. The van der Waals surface area contributed by atoms with Gasteiger partial charge in [0, 0.05) is 18.1 Å². The van der Waals surface area contributed by atoms with Gasteiger partial charge >= 0.3 is 5.97 Å². The van der Waals surface area contributed by atoms with Crippen molar-refractivity contribution in [3.05, 3.63) is 35.1 Å². The first-order valence-corrected chi connectivity index (χ1v) is 7.03. The molecule has 0 saturated carbocycles. The van der Waals surface area contributed by atoms with E-state index in [0.717, 1.165) is 25.2 Å². The molecule has 1 heterocycles. The average molecular weight is 270 g/mol. The zero-order chi connectivity index (χ0) is 13.0. The number of carbonyl (C=O) groups is 1. The molecule has 0 amide bonds. The number of ether oxygens (including phenoxy) is 1. The molecular weight excluding hydrogens is 255 g/mol. The van der Waals surface area contributed by atoms with Crippen molar-refractivity contribution >= 4 is 17.7 Å². The molecule has 0 aromatic heterocycles. The van der Waals surface area contributed by atoms with E-state index in [1.54, 1.807) is 11.8 Å². The van der Waals surface area contributed by atoms with Gasteiger partial charge in [-0.25, -0.2) is 9.18 Å². The average Bonchev–Trinajstić information content (AvgIpc) is 2.82. The number of hydrogen-bond donors (Lipinski definition) is 1. The molecule has 0 aliphatic carbocycles. The van der Waals surface area contributed by atoms with Crippen molar-refractivity contribution < 1.29 is 19.0 Å². The fraction of sp³-hybridized carbons (Fsp3) is 0.462. The van der Waals surface area contributed by atoms with Crippen molar-refractivity contribution in [3.63, 3.8) is 0 Å². The van der Waals surface area contributed by atoms with E-state index in [4.69, 9.17) is 9.84 Å². The van der Waals surface area contributed by atoms with Crippen molar-refractivity contribution in [3.8, 4) is 0 Å². The molecule has 1 fully saturated rings. The molecule has 18 heavy (non-hydrogen) atoms. The van der Waals surface area contributed by atoms with Gasteiger partial charge in [-0.15, -0.1) is 0 Å². The van der Waals surface area contributed by atoms with E-state index in [2.05, 4.69) is 0 Å². The summed E-state index contributed by atoms with van der Waals surface area (Å²) in [5, 5.41) is 9.01. The van der Waals surface area contributed by atoms with Gasteiger partial charge in [-0.1, -0.05) is 0 Å². The Kier molecular flexibility index (Phi) is 4.60. The zero-order valence-electron chi connectivity index (χ0n) is 9.89. The normalized spacial score (nSPS) is 19.1. The Morgan fingerprint density at radius 1 is 1.56 bits per heavy atom. The first-order valence-electron chi connectivity index (χ1n) is 5.88. The van der Waals surface area contributed by atoms with E-state index in [1.165, 1.54) is 18.2 Å². The number of hydrogen-bond acceptors (Lipinski definition) is 3. The topological polar surface area (TPSA) is 46.5 Å². The van der Waals surface area contributed by atoms with Crippen molar-refractivity contribution in [2.24, 2.45) is 0 Å². The van der Waals surface area contributed by atoms with Crippen LogP contribution < -0.4 is 0 Å². The van der Waals surface area contributed by atoms with Gasteiger partial charge in [0.15, 0.2) is 0 Å². The van der Waals surface area contributed by atoms with Crippen molar-refractivity contribution in [2.45, 2.75) is 24.7 Å². The molecule has 1 aliphatic rings. The van der Waals surface area contributed by atoms with E-state index >= 15 is 0 Å². The Morgan fingerprint density at radius 3 is 3.06 bits per heavy atom. The number of carboxylic acids is 1. The number of rotatable bonds is 5. The predicted octanol–water partition coefficient (Wildman–Crippen LogP) is 2.94. The van der Waals surface area contributed by atoms with Gasteiger partial charge in [0.2, 0.25) is 0 Å². The summed E-state index contributed by atoms with van der Waals surface area (Å²) < 4.78 is 18.6. The Morgan fingerprint density at radius 2 is 2.39 bits per heavy atom. The van der Waals surface area contributed by atoms with E-state index in [9.17, 15) is 9.18 Å². The molecule has 1 saturated heterocycles. The zero-order valence-corrected chi connectivity index (χ0v) is 10.7. The van der Waals surface area contributed by atoms with Gasteiger partial charge in [-0.2, -0.15) is 11.8 Å². The van der Waals surface area contributed by atoms with Crippen molar-refractivity contribution in [1.29, 1.82) is 0 Å². The maximum Gasteiger partial charge on any atom is 0.335 e. The molecule has 1 aromatic carbocycles. The highest BCUT2D eigenvalue weighted by atomic mass is 32.2. The number of carboxylic acid groups (broad SMARTS) is 1. The molecule has 1 N–H and O–H groups in total. The molecule has 2 rings (SSSR count). The Bertz CT molecular complexity index is 430. The molecule has 1 aliphatic heterocycles. The minimum Gasteiger partial charge on any atom is -0.478 e. The Labute approximate surface area is 109 Å². The van der Waals surface area contributed by atoms with Crippen LogP contribution in [0.3, 0.4) is 0 Å². The van der Waals surface area contributed by atoms with Crippen LogP contribution in [0.1, 0.15) is 28.8 Å². The highest BCUT2D eigenvalue weighted by Crippen LogP contribution is 2.22. The molecule has 1 unspecified atom stereocenters. The molecule has 1 aromatic rings. The minimum atomic E-state index is -1.01. The predicted molar refractivity (Wildman–Crippen MR) is 68.5 cm³/mol. The fourth-order valence-corrected chi connectivity index (χ4v) is 3.07. The van der Waals surface area contributed by atoms with E-state index < -0.39 is 11.8 Å². The van der Waals surface area contributed by atoms with Gasteiger partial charge in [-0.05, 0) is 36.6 Å². The van der Waals surface area contributed by atoms with Gasteiger partial charge in [-0.3, -0.25) is 0 Å². The number of benzene rings is 1. The van der Waals surface area contributed by atoms with Gasteiger partial charge in [0.25, 0.3) is 0 Å². The molecule has 0 bridgehead atoms. The highest BCUT2D eigenvalue weighted by molar-refractivity contribution is 7.98. The summed E-state index contributed by atoms with van der Waals surface area (Å²) in [6.07, 6.45) is 2.41. The lowest BCUT2D eigenvalue weighted by Crippen LogP contribution is -2.09. The van der Waals surface area contributed by atoms with Crippen LogP contribution in [-0.2, 0) is 10.5 Å². The monoisotopic (exact) mass is 270 g/mol. The first kappa shape index (κ1) is 13.4. The summed E-state index contributed by atoms with van der Waals surface area (Å²) >= 11 is 1.59. The van der Waals surface area contributed by atoms with E-state index in [-0.39, 0.29) is 11.7 Å². The summed E-state index contributed by atoms with van der Waals surface area (Å²) in [6.45, 7) is 0.811. The molecule has 3 nitrogen and oxygen atoms in total. The summed E-state index contributed by atoms with van der Waals surface area (Å²) in [5.41, 5.74) is 0.710. The van der Waals surface area contributed by atoms with Crippen LogP contribution in [0.5, 0.6) is 0 Å². The third-order valence-electron chi connectivity index (χ3n) is 2.88. The lowest BCUT2D eigenvalue weighted by molar-refractivity contribution is 0.0696. The highest BCUT2D eigenvalue weighted by Gasteiger charge is 2.16. The lowest BCUT2D eigenvalue weighted by atomic mass is 10.1. The molecule has 5 heteroatoms. The second kappa shape index (κ2) is 6.20. The smallest absolute Gasteiger partial charge is 0.335 e. The second-order valence-corrected chi connectivity index (χ2v) is 5.29. The summed E-state index contributed by atoms with van der Waals surface area (Å²) in [7, 11) is 0. The van der Waals surface area contributed by atoms with Crippen LogP contribution in [0.15, 0.2) is 18.2 Å². The van der Waals surface area contributed by atoms with Crippen LogP contribution in [0.2, 0.25) is 0 Å². The van der Waals surface area contributed by atoms with E-state index in [0.29, 0.717) is 11.3 Å². The third kappa shape index (κ3) is 3.46. The molecule has 1 atom stereocenters. The summed E-state index contributed by atoms with van der Waals surface area (Å²) in [4.78, 5) is 11.0. The SMILES string of the molecule is O=C(O)c1ccc(F)cc1CSCC1CCCO1. The largest absolute Gasteiger partial charge is 0.478 e. The molecule has 98 valence electrons.